The van der Waals surface area contributed by atoms with E-state index in [1.54, 1.807) is 12.1 Å². The lowest BCUT2D eigenvalue weighted by atomic mass is 10.1. The fourth-order valence-electron chi connectivity index (χ4n) is 1.51. The molecule has 5 nitrogen and oxygen atoms in total. The second-order valence-electron chi connectivity index (χ2n) is 3.99. The van der Waals surface area contributed by atoms with E-state index in [1.165, 1.54) is 12.1 Å². The Kier molecular flexibility index (Phi) is 4.85. The highest BCUT2D eigenvalue weighted by Crippen LogP contribution is 2.07. The number of nitrogens with zero attached hydrogens (tertiary/aromatic N) is 3. The van der Waals surface area contributed by atoms with Crippen LogP contribution in [0.15, 0.2) is 64.8 Å². The fraction of sp³-hybridized carbons (Fsp3) is 0. The van der Waals surface area contributed by atoms with Crippen LogP contribution in [0, 0.1) is 11.3 Å². The minimum atomic E-state index is -0.517. The summed E-state index contributed by atoms with van der Waals surface area (Å²) in [4.78, 5) is 11.8. The lowest BCUT2D eigenvalue weighted by molar-refractivity contribution is 0.0995. The maximum atomic E-state index is 11.8. The first-order valence-electron chi connectivity index (χ1n) is 6.01. The molecule has 0 aromatic heterocycles. The third-order valence-electron chi connectivity index (χ3n) is 2.52. The molecular formula is C15H10N4OS. The summed E-state index contributed by atoms with van der Waals surface area (Å²) in [5.41, 5.74) is 1.59. The molecule has 0 bridgehead atoms. The number of amides is 1. The minimum Gasteiger partial charge on any atom is -0.330 e. The summed E-state index contributed by atoms with van der Waals surface area (Å²) >= 11 is 4.98. The van der Waals surface area contributed by atoms with Crippen LogP contribution in [0.1, 0.15) is 15.9 Å². The van der Waals surface area contributed by atoms with Gasteiger partial charge >= 0.3 is 0 Å². The van der Waals surface area contributed by atoms with Crippen molar-refractivity contribution in [3.8, 4) is 6.07 Å². The number of rotatable bonds is 2. The molecule has 102 valence electrons. The fourth-order valence-corrected chi connectivity index (χ4v) is 1.66. The molecule has 0 saturated carbocycles. The monoisotopic (exact) mass is 294 g/mol. The number of para-hydroxylation sites is 1. The molecule has 0 fully saturated rings. The van der Waals surface area contributed by atoms with Gasteiger partial charge in [0.2, 0.25) is 5.11 Å². The van der Waals surface area contributed by atoms with E-state index in [2.05, 4.69) is 15.5 Å². The molecule has 2 aromatic carbocycles. The molecular weight excluding hydrogens is 284 g/mol. The van der Waals surface area contributed by atoms with Crippen molar-refractivity contribution in [2.45, 2.75) is 0 Å². The van der Waals surface area contributed by atoms with E-state index in [1.807, 2.05) is 36.4 Å². The number of nitriles is 1. The van der Waals surface area contributed by atoms with Gasteiger partial charge in [-0.25, -0.2) is 0 Å². The predicted molar refractivity (Wildman–Crippen MR) is 83.0 cm³/mol. The van der Waals surface area contributed by atoms with Gasteiger partial charge in [-0.3, -0.25) is 4.79 Å². The van der Waals surface area contributed by atoms with Crippen molar-refractivity contribution in [3.05, 3.63) is 65.7 Å². The molecule has 0 aliphatic carbocycles. The molecule has 0 saturated heterocycles. The number of anilines is 1. The number of thiocarbonyl (C=S) groups is 1. The first kappa shape index (κ1) is 14.5. The van der Waals surface area contributed by atoms with Gasteiger partial charge in [0.25, 0.3) is 5.91 Å². The van der Waals surface area contributed by atoms with E-state index < -0.39 is 5.91 Å². The Bertz CT molecular complexity index is 718. The second kappa shape index (κ2) is 7.03. The van der Waals surface area contributed by atoms with Gasteiger partial charge in [-0.1, -0.05) is 18.2 Å². The van der Waals surface area contributed by atoms with Gasteiger partial charge in [0.1, 0.15) is 0 Å². The van der Waals surface area contributed by atoms with Gasteiger partial charge in [0, 0.05) is 11.3 Å². The van der Waals surface area contributed by atoms with Crippen molar-refractivity contribution in [2.24, 2.45) is 10.2 Å². The van der Waals surface area contributed by atoms with Crippen LogP contribution in [0.3, 0.4) is 0 Å². The molecule has 1 N–H and O–H groups in total. The summed E-state index contributed by atoms with van der Waals surface area (Å²) in [6.45, 7) is 0. The first-order chi connectivity index (χ1) is 10.2. The molecule has 2 rings (SSSR count). The van der Waals surface area contributed by atoms with E-state index in [-0.39, 0.29) is 5.11 Å². The highest BCUT2D eigenvalue weighted by atomic mass is 32.1. The Morgan fingerprint density at radius 1 is 1.05 bits per heavy atom. The lowest BCUT2D eigenvalue weighted by Crippen LogP contribution is -2.05. The average Bonchev–Trinajstić information content (AvgIpc) is 2.53. The van der Waals surface area contributed by atoms with Crippen molar-refractivity contribution in [2.75, 3.05) is 5.32 Å². The van der Waals surface area contributed by atoms with Gasteiger partial charge in [-0.2, -0.15) is 5.26 Å². The zero-order valence-electron chi connectivity index (χ0n) is 10.9. The Labute approximate surface area is 126 Å². The molecule has 0 aliphatic rings. The molecule has 0 spiro atoms. The Hall–Kier alpha value is -2.91. The van der Waals surface area contributed by atoms with Crippen LogP contribution in [-0.2, 0) is 0 Å². The molecule has 21 heavy (non-hydrogen) atoms. The summed E-state index contributed by atoms with van der Waals surface area (Å²) in [5, 5.41) is 18.8. The summed E-state index contributed by atoms with van der Waals surface area (Å²) in [6.07, 6.45) is 0. The van der Waals surface area contributed by atoms with Crippen LogP contribution in [0.2, 0.25) is 0 Å². The summed E-state index contributed by atoms with van der Waals surface area (Å²) in [5.74, 6) is -0.517. The van der Waals surface area contributed by atoms with Gasteiger partial charge in [0.05, 0.1) is 11.6 Å². The lowest BCUT2D eigenvalue weighted by Gasteiger charge is -2.01. The molecule has 6 heteroatoms. The maximum absolute atomic E-state index is 11.8. The van der Waals surface area contributed by atoms with E-state index in [9.17, 15) is 4.79 Å². The molecule has 0 unspecified atom stereocenters. The van der Waals surface area contributed by atoms with Gasteiger partial charge < -0.3 is 5.32 Å². The standard InChI is InChI=1S/C15H10N4OS/c16-10-11-6-8-12(9-7-11)14(20)18-19-15(21)17-13-4-2-1-3-5-13/h1-9H,(H,17,21). The topological polar surface area (TPSA) is 77.6 Å². The maximum Gasteiger partial charge on any atom is 0.295 e. The third-order valence-corrected chi connectivity index (χ3v) is 2.70. The number of hydrogen-bond donors (Lipinski definition) is 1. The largest absolute Gasteiger partial charge is 0.330 e. The predicted octanol–water partition coefficient (Wildman–Crippen LogP) is 3.55. The highest BCUT2D eigenvalue weighted by molar-refractivity contribution is 7.80. The van der Waals surface area contributed by atoms with Crippen molar-refractivity contribution >= 4 is 28.9 Å². The third kappa shape index (κ3) is 4.30. The van der Waals surface area contributed by atoms with Crippen molar-refractivity contribution in [1.82, 2.24) is 0 Å². The van der Waals surface area contributed by atoms with Crippen LogP contribution in [0.25, 0.3) is 0 Å². The number of hydrogen-bond acceptors (Lipinski definition) is 3. The normalized spacial score (nSPS) is 10.0. The Morgan fingerprint density at radius 3 is 2.33 bits per heavy atom. The number of azo groups is 1. The summed E-state index contributed by atoms with van der Waals surface area (Å²) < 4.78 is 0. The molecule has 2 aromatic rings. The van der Waals surface area contributed by atoms with Crippen LogP contribution < -0.4 is 5.32 Å². The van der Waals surface area contributed by atoms with Crippen molar-refractivity contribution in [1.29, 1.82) is 5.26 Å². The van der Waals surface area contributed by atoms with Gasteiger partial charge in [-0.15, -0.1) is 10.2 Å². The minimum absolute atomic E-state index is 0.100. The molecule has 1 amide bonds. The SMILES string of the molecule is N#Cc1ccc(C(=O)N=NC(=S)Nc2ccccc2)cc1. The molecule has 0 atom stereocenters. The van der Waals surface area contributed by atoms with E-state index in [0.29, 0.717) is 11.1 Å². The van der Waals surface area contributed by atoms with Crippen LogP contribution in [0.4, 0.5) is 5.69 Å². The molecule has 0 heterocycles. The Balaban J connectivity index is 1.98. The van der Waals surface area contributed by atoms with E-state index in [4.69, 9.17) is 17.5 Å². The first-order valence-corrected chi connectivity index (χ1v) is 6.42. The zero-order valence-corrected chi connectivity index (χ0v) is 11.7. The second-order valence-corrected chi connectivity index (χ2v) is 4.38. The van der Waals surface area contributed by atoms with Crippen molar-refractivity contribution < 1.29 is 4.79 Å². The number of carbonyl (C=O) groups excluding carboxylic acids is 1. The number of nitrogens with one attached hydrogen (secondary N) is 1. The van der Waals surface area contributed by atoms with Crippen LogP contribution >= 0.6 is 12.2 Å². The van der Waals surface area contributed by atoms with Gasteiger partial charge in [-0.05, 0) is 48.6 Å². The quantitative estimate of drug-likeness (QED) is 0.678. The Morgan fingerprint density at radius 2 is 1.71 bits per heavy atom. The summed E-state index contributed by atoms with van der Waals surface area (Å²) in [7, 11) is 0. The zero-order chi connectivity index (χ0) is 15.1. The number of carbonyl (C=O) groups is 1. The molecule has 0 radical (unpaired) electrons. The summed E-state index contributed by atoms with van der Waals surface area (Å²) in [6, 6.07) is 17.3. The number of benzene rings is 2. The van der Waals surface area contributed by atoms with Gasteiger partial charge in [0.15, 0.2) is 0 Å². The van der Waals surface area contributed by atoms with Crippen molar-refractivity contribution in [3.63, 3.8) is 0 Å². The van der Waals surface area contributed by atoms with Crippen LogP contribution in [0.5, 0.6) is 0 Å². The van der Waals surface area contributed by atoms with E-state index >= 15 is 0 Å². The van der Waals surface area contributed by atoms with Crippen LogP contribution in [-0.4, -0.2) is 11.0 Å². The molecule has 0 aliphatic heterocycles. The van der Waals surface area contributed by atoms with E-state index in [0.717, 1.165) is 5.69 Å². The average molecular weight is 294 g/mol. The highest BCUT2D eigenvalue weighted by Gasteiger charge is 2.04. The smallest absolute Gasteiger partial charge is 0.295 e.